The van der Waals surface area contributed by atoms with Gasteiger partial charge in [0.1, 0.15) is 8.97 Å². The molecule has 1 nitrogen and oxygen atoms in total. The van der Waals surface area contributed by atoms with Crippen LogP contribution in [0.2, 0.25) is 0 Å². The third-order valence-corrected chi connectivity index (χ3v) is 3.18. The molecule has 13 heavy (non-hydrogen) atoms. The Morgan fingerprint density at radius 3 is 2.38 bits per heavy atom. The van der Waals surface area contributed by atoms with E-state index >= 15 is 0 Å². The predicted octanol–water partition coefficient (Wildman–Crippen LogP) is 4.39. The van der Waals surface area contributed by atoms with Gasteiger partial charge in [0.05, 0.1) is 5.38 Å². The molecule has 0 heterocycles. The summed E-state index contributed by atoms with van der Waals surface area (Å²) in [6, 6.07) is 0. The molecule has 0 aliphatic heterocycles. The van der Waals surface area contributed by atoms with E-state index in [0.29, 0.717) is 6.42 Å². The molecule has 1 atom stereocenters. The number of hydrogen-bond donors (Lipinski definition) is 0. The normalized spacial score (nSPS) is 15.2. The minimum Gasteiger partial charge on any atom is -0.291 e. The SMILES string of the molecule is CCCCC(Cl)C(=O)C(Cl)=C(Cl)Br. The van der Waals surface area contributed by atoms with Gasteiger partial charge in [-0.2, -0.15) is 0 Å². The summed E-state index contributed by atoms with van der Waals surface area (Å²) in [5.41, 5.74) is 0. The Bertz CT molecular complexity index is 211. The molecule has 1 unspecified atom stereocenters. The molecule has 0 spiro atoms. The molecule has 5 heteroatoms. The van der Waals surface area contributed by atoms with Crippen molar-refractivity contribution in [1.82, 2.24) is 0 Å². The Morgan fingerprint density at radius 1 is 1.46 bits per heavy atom. The van der Waals surface area contributed by atoms with E-state index in [0.717, 1.165) is 12.8 Å². The molecule has 0 aromatic heterocycles. The molecular formula is C8H10BrCl3O. The number of allylic oxidation sites excluding steroid dienone is 1. The van der Waals surface area contributed by atoms with Crippen LogP contribution in [0.5, 0.6) is 0 Å². The second-order valence-corrected chi connectivity index (χ2v) is 5.08. The van der Waals surface area contributed by atoms with E-state index in [2.05, 4.69) is 15.9 Å². The Kier molecular flexibility index (Phi) is 7.52. The summed E-state index contributed by atoms with van der Waals surface area (Å²) in [5, 5.41) is -0.600. The molecule has 0 N–H and O–H groups in total. The van der Waals surface area contributed by atoms with Gasteiger partial charge in [-0.05, 0) is 22.4 Å². The van der Waals surface area contributed by atoms with Crippen LogP contribution in [0.4, 0.5) is 0 Å². The van der Waals surface area contributed by atoms with Crippen molar-refractivity contribution in [3.05, 3.63) is 8.97 Å². The van der Waals surface area contributed by atoms with Crippen molar-refractivity contribution in [2.45, 2.75) is 31.6 Å². The Morgan fingerprint density at radius 2 is 2.00 bits per heavy atom. The van der Waals surface area contributed by atoms with Gasteiger partial charge < -0.3 is 0 Å². The van der Waals surface area contributed by atoms with E-state index in [1.807, 2.05) is 6.92 Å². The Hall–Kier alpha value is 0.760. The summed E-state index contributed by atoms with van der Waals surface area (Å²) in [6.45, 7) is 2.03. The number of ketones is 1. The largest absolute Gasteiger partial charge is 0.291 e. The third kappa shape index (κ3) is 5.26. The molecule has 0 saturated heterocycles. The van der Waals surface area contributed by atoms with Gasteiger partial charge in [-0.1, -0.05) is 43.0 Å². The van der Waals surface area contributed by atoms with Crippen LogP contribution in [-0.2, 0) is 4.79 Å². The minimum atomic E-state index is -0.571. The zero-order chi connectivity index (χ0) is 10.4. The number of alkyl halides is 1. The number of Topliss-reactive ketones (excluding diaryl/α,β-unsaturated/α-hetero) is 1. The molecule has 76 valence electrons. The first-order chi connectivity index (χ1) is 6.00. The average molecular weight is 308 g/mol. The van der Waals surface area contributed by atoms with Crippen LogP contribution in [0, 0.1) is 0 Å². The van der Waals surface area contributed by atoms with E-state index < -0.39 is 5.38 Å². The first kappa shape index (κ1) is 13.8. The van der Waals surface area contributed by atoms with E-state index in [1.165, 1.54) is 0 Å². The van der Waals surface area contributed by atoms with Gasteiger partial charge in [-0.3, -0.25) is 4.79 Å². The molecule has 0 aliphatic rings. The summed E-state index contributed by atoms with van der Waals surface area (Å²) in [4.78, 5) is 11.4. The van der Waals surface area contributed by atoms with Gasteiger partial charge >= 0.3 is 0 Å². The van der Waals surface area contributed by atoms with E-state index in [1.54, 1.807) is 0 Å². The number of carbonyl (C=O) groups is 1. The van der Waals surface area contributed by atoms with Crippen molar-refractivity contribution < 1.29 is 4.79 Å². The Balaban J connectivity index is 4.19. The highest BCUT2D eigenvalue weighted by molar-refractivity contribution is 9.12. The smallest absolute Gasteiger partial charge is 0.194 e. The molecule has 0 rings (SSSR count). The molecule has 0 fully saturated rings. The second kappa shape index (κ2) is 7.10. The molecule has 0 radical (unpaired) electrons. The van der Waals surface area contributed by atoms with Gasteiger partial charge in [0.15, 0.2) is 5.78 Å². The molecule has 0 aliphatic carbocycles. The monoisotopic (exact) mass is 306 g/mol. The predicted molar refractivity (Wildman–Crippen MR) is 61.8 cm³/mol. The highest BCUT2D eigenvalue weighted by Crippen LogP contribution is 2.24. The van der Waals surface area contributed by atoms with Crippen molar-refractivity contribution in [1.29, 1.82) is 0 Å². The molecule has 0 amide bonds. The standard InChI is InChI=1S/C8H10BrCl3O/c1-2-3-4-5(10)7(13)6(11)8(9)12/h5H,2-4H2,1H3. The fourth-order valence-corrected chi connectivity index (χ4v) is 1.48. The van der Waals surface area contributed by atoms with Crippen molar-refractivity contribution in [2.75, 3.05) is 0 Å². The number of halogens is 4. The van der Waals surface area contributed by atoms with Crippen molar-refractivity contribution >= 4 is 56.5 Å². The second-order valence-electron chi connectivity index (χ2n) is 2.55. The number of rotatable bonds is 5. The van der Waals surface area contributed by atoms with Gasteiger partial charge in [0.25, 0.3) is 0 Å². The summed E-state index contributed by atoms with van der Waals surface area (Å²) >= 11 is 19.8. The first-order valence-electron chi connectivity index (χ1n) is 3.89. The van der Waals surface area contributed by atoms with E-state index in [-0.39, 0.29) is 14.8 Å². The maximum atomic E-state index is 11.4. The maximum absolute atomic E-state index is 11.4. The van der Waals surface area contributed by atoms with Gasteiger partial charge in [-0.25, -0.2) is 0 Å². The maximum Gasteiger partial charge on any atom is 0.194 e. The minimum absolute atomic E-state index is 0.0298. The van der Waals surface area contributed by atoms with Crippen LogP contribution >= 0.6 is 50.7 Å². The lowest BCUT2D eigenvalue weighted by molar-refractivity contribution is -0.114. The van der Waals surface area contributed by atoms with Gasteiger partial charge in [-0.15, -0.1) is 11.6 Å². The molecule has 0 bridgehead atoms. The first-order valence-corrected chi connectivity index (χ1v) is 5.88. The lowest BCUT2D eigenvalue weighted by atomic mass is 10.1. The molecule has 0 aromatic rings. The van der Waals surface area contributed by atoms with Crippen LogP contribution in [0.15, 0.2) is 8.97 Å². The summed E-state index contributed by atoms with van der Waals surface area (Å²) in [5.74, 6) is -0.321. The molecular weight excluding hydrogens is 298 g/mol. The zero-order valence-electron chi connectivity index (χ0n) is 7.12. The van der Waals surface area contributed by atoms with E-state index in [4.69, 9.17) is 34.8 Å². The highest BCUT2D eigenvalue weighted by Gasteiger charge is 2.19. The lowest BCUT2D eigenvalue weighted by Gasteiger charge is -2.06. The summed E-state index contributed by atoms with van der Waals surface area (Å²) in [6.07, 6.45) is 2.54. The fraction of sp³-hybridized carbons (Fsp3) is 0.625. The van der Waals surface area contributed by atoms with E-state index in [9.17, 15) is 4.79 Å². The van der Waals surface area contributed by atoms with Crippen LogP contribution < -0.4 is 0 Å². The van der Waals surface area contributed by atoms with Crippen LogP contribution in [0.1, 0.15) is 26.2 Å². The van der Waals surface area contributed by atoms with Gasteiger partial charge in [0, 0.05) is 0 Å². The highest BCUT2D eigenvalue weighted by atomic mass is 79.9. The van der Waals surface area contributed by atoms with Crippen molar-refractivity contribution in [3.63, 3.8) is 0 Å². The van der Waals surface area contributed by atoms with Crippen LogP contribution in [0.25, 0.3) is 0 Å². The summed E-state index contributed by atoms with van der Waals surface area (Å²) < 4.78 is 0.112. The third-order valence-electron chi connectivity index (χ3n) is 1.48. The van der Waals surface area contributed by atoms with Crippen molar-refractivity contribution in [2.24, 2.45) is 0 Å². The number of unbranched alkanes of at least 4 members (excludes halogenated alkanes) is 1. The lowest BCUT2D eigenvalue weighted by Crippen LogP contribution is -2.14. The fourth-order valence-electron chi connectivity index (χ4n) is 0.745. The number of hydrogen-bond acceptors (Lipinski definition) is 1. The Labute approximate surface area is 102 Å². The van der Waals surface area contributed by atoms with Crippen LogP contribution in [0.3, 0.4) is 0 Å². The molecule has 0 aromatic carbocycles. The average Bonchev–Trinajstić information content (AvgIpc) is 2.11. The number of carbonyl (C=O) groups excluding carboxylic acids is 1. The summed E-state index contributed by atoms with van der Waals surface area (Å²) in [7, 11) is 0. The topological polar surface area (TPSA) is 17.1 Å². The molecule has 0 saturated carbocycles. The van der Waals surface area contributed by atoms with Crippen LogP contribution in [-0.4, -0.2) is 11.2 Å². The zero-order valence-corrected chi connectivity index (χ0v) is 11.0. The van der Waals surface area contributed by atoms with Gasteiger partial charge in [0.2, 0.25) is 0 Å². The van der Waals surface area contributed by atoms with Crippen molar-refractivity contribution in [3.8, 4) is 0 Å². The quantitative estimate of drug-likeness (QED) is 0.543.